The predicted molar refractivity (Wildman–Crippen MR) is 32.5 cm³/mol. The van der Waals surface area contributed by atoms with E-state index in [1.807, 2.05) is 0 Å². The van der Waals surface area contributed by atoms with Crippen molar-refractivity contribution in [1.29, 1.82) is 0 Å². The standard InChI is InChI=1S/2H3O4P.3Sn/c2*1-5(2,3)4;;;/h2*(H3,1,2,3,4);;;/q;;3*+2/p-6. The largest absolute Gasteiger partial charge is 2.00 e. The van der Waals surface area contributed by atoms with E-state index in [4.69, 9.17) is 38.5 Å². The van der Waals surface area contributed by atoms with Gasteiger partial charge >= 0.3 is 71.7 Å². The molecule has 70 valence electrons. The molecular formula is O8P2Sn3. The van der Waals surface area contributed by atoms with Crippen LogP contribution in [0.1, 0.15) is 0 Å². The Morgan fingerprint density at radius 3 is 0.538 bits per heavy atom. The van der Waals surface area contributed by atoms with E-state index in [0.29, 0.717) is 0 Å². The van der Waals surface area contributed by atoms with Gasteiger partial charge in [0.05, 0.1) is 0 Å². The normalized spacial score (nSPS) is 9.08. The summed E-state index contributed by atoms with van der Waals surface area (Å²) < 4.78 is 17.1. The van der Waals surface area contributed by atoms with Gasteiger partial charge < -0.3 is 38.5 Å². The Hall–Kier alpha value is 2.62. The summed E-state index contributed by atoms with van der Waals surface area (Å²) in [6, 6.07) is 0. The molecule has 8 nitrogen and oxygen atoms in total. The second-order valence-electron chi connectivity index (χ2n) is 0.894. The SMILES string of the molecule is O=P([O-])([O-])[O-].O=P([O-])([O-])[O-].[Sn+2].[Sn+2].[Sn+2]. The van der Waals surface area contributed by atoms with E-state index in [1.165, 1.54) is 0 Å². The maximum absolute atomic E-state index is 8.55. The molecule has 0 amide bonds. The second kappa shape index (κ2) is 12.7. The maximum atomic E-state index is 8.55. The van der Waals surface area contributed by atoms with Crippen molar-refractivity contribution in [2.75, 3.05) is 0 Å². The fourth-order valence-electron chi connectivity index (χ4n) is 0. The molecule has 0 rings (SSSR count). The summed E-state index contributed by atoms with van der Waals surface area (Å²) >= 11 is 0. The van der Waals surface area contributed by atoms with E-state index in [0.717, 1.165) is 0 Å². The van der Waals surface area contributed by atoms with Gasteiger partial charge in [0.25, 0.3) is 0 Å². The predicted octanol–water partition coefficient (Wildman–Crippen LogP) is -6.79. The van der Waals surface area contributed by atoms with Crippen LogP contribution in [0.5, 0.6) is 0 Å². The molecule has 0 fully saturated rings. The number of hydrogen-bond acceptors (Lipinski definition) is 8. The van der Waals surface area contributed by atoms with E-state index in [9.17, 15) is 0 Å². The quantitative estimate of drug-likeness (QED) is 0.213. The molecule has 13 heavy (non-hydrogen) atoms. The smallest absolute Gasteiger partial charge is 0.822 e. The van der Waals surface area contributed by atoms with Crippen LogP contribution < -0.4 is 29.4 Å². The zero-order chi connectivity index (χ0) is 9.00. The third kappa shape index (κ3) is 340. The van der Waals surface area contributed by atoms with Gasteiger partial charge in [-0.05, 0) is 0 Å². The third-order valence-electron chi connectivity index (χ3n) is 0. The fourth-order valence-corrected chi connectivity index (χ4v) is 0. The van der Waals surface area contributed by atoms with Gasteiger partial charge in [0, 0.05) is 0 Å². The van der Waals surface area contributed by atoms with Gasteiger partial charge in [-0.3, -0.25) is 0 Å². The molecule has 6 radical (unpaired) electrons. The Kier molecular flexibility index (Phi) is 28.9. The first-order valence-electron chi connectivity index (χ1n) is 1.46. The van der Waals surface area contributed by atoms with Gasteiger partial charge in [0.1, 0.15) is 0 Å². The molecule has 13 heteroatoms. The summed E-state index contributed by atoms with van der Waals surface area (Å²) in [7, 11) is -10.8. The molecular weight excluding hydrogens is 546 g/mol. The monoisotopic (exact) mass is 550 g/mol. The average Bonchev–Trinajstić information content (AvgIpc) is 1.12. The number of hydrogen-bond donors (Lipinski definition) is 0. The second-order valence-corrected chi connectivity index (χ2v) is 2.68. The Balaban J connectivity index is -0.0000000267. The van der Waals surface area contributed by atoms with Gasteiger partial charge in [0.15, 0.2) is 0 Å². The van der Waals surface area contributed by atoms with Gasteiger partial charge in [-0.1, -0.05) is 0 Å². The van der Waals surface area contributed by atoms with Crippen LogP contribution in [0.15, 0.2) is 0 Å². The van der Waals surface area contributed by atoms with Crippen molar-refractivity contribution in [3.63, 3.8) is 0 Å². The number of rotatable bonds is 0. The van der Waals surface area contributed by atoms with Gasteiger partial charge in [-0.2, -0.15) is 15.6 Å². The van der Waals surface area contributed by atoms with E-state index >= 15 is 0 Å². The van der Waals surface area contributed by atoms with Crippen molar-refractivity contribution in [2.24, 2.45) is 0 Å². The van der Waals surface area contributed by atoms with Crippen molar-refractivity contribution < 1.29 is 38.5 Å². The molecule has 0 saturated carbocycles. The van der Waals surface area contributed by atoms with Crippen molar-refractivity contribution in [2.45, 2.75) is 0 Å². The molecule has 0 aliphatic carbocycles. The Morgan fingerprint density at radius 1 is 0.538 bits per heavy atom. The number of phosphoric acid groups is 2. The Labute approximate surface area is 124 Å². The molecule has 0 N–H and O–H groups in total. The van der Waals surface area contributed by atoms with E-state index in [1.54, 1.807) is 0 Å². The summed E-state index contributed by atoms with van der Waals surface area (Å²) in [5.74, 6) is 0. The Bertz CT molecular complexity index is 130. The van der Waals surface area contributed by atoms with Crippen LogP contribution in [0, 0.1) is 0 Å². The summed E-state index contributed by atoms with van der Waals surface area (Å²) in [5, 5.41) is 0. The zero-order valence-corrected chi connectivity index (χ0v) is 16.0. The minimum atomic E-state index is -5.39. The van der Waals surface area contributed by atoms with Crippen LogP contribution in [0.3, 0.4) is 0 Å². The maximum Gasteiger partial charge on any atom is 2.00 e. The zero-order valence-electron chi connectivity index (χ0n) is 5.66. The van der Waals surface area contributed by atoms with E-state index in [-0.39, 0.29) is 71.7 Å². The van der Waals surface area contributed by atoms with Crippen molar-refractivity contribution in [3.8, 4) is 0 Å². The molecule has 0 saturated heterocycles. The Morgan fingerprint density at radius 2 is 0.538 bits per heavy atom. The molecule has 0 aliphatic rings. The fraction of sp³-hybridized carbons (Fsp3) is 0. The van der Waals surface area contributed by atoms with Crippen molar-refractivity contribution >= 4 is 87.4 Å². The van der Waals surface area contributed by atoms with E-state index in [2.05, 4.69) is 0 Å². The molecule has 0 spiro atoms. The first-order chi connectivity index (χ1) is 4.00. The average molecular weight is 546 g/mol. The molecule has 0 unspecified atom stereocenters. The van der Waals surface area contributed by atoms with Gasteiger partial charge in [0.2, 0.25) is 0 Å². The minimum absolute atomic E-state index is 0. The summed E-state index contributed by atoms with van der Waals surface area (Å²) in [6.07, 6.45) is 0. The summed E-state index contributed by atoms with van der Waals surface area (Å²) in [5.41, 5.74) is 0. The van der Waals surface area contributed by atoms with Crippen LogP contribution in [0.25, 0.3) is 0 Å². The van der Waals surface area contributed by atoms with Crippen molar-refractivity contribution in [1.82, 2.24) is 0 Å². The molecule has 0 aromatic carbocycles. The molecule has 0 aromatic heterocycles. The van der Waals surface area contributed by atoms with Crippen LogP contribution in [-0.2, 0) is 9.13 Å². The van der Waals surface area contributed by atoms with Crippen LogP contribution >= 0.6 is 15.6 Å². The van der Waals surface area contributed by atoms with Crippen LogP contribution in [-0.4, -0.2) is 71.7 Å². The van der Waals surface area contributed by atoms with Crippen molar-refractivity contribution in [3.05, 3.63) is 0 Å². The third-order valence-corrected chi connectivity index (χ3v) is 0. The summed E-state index contributed by atoms with van der Waals surface area (Å²) in [6.45, 7) is 0. The molecule has 0 atom stereocenters. The summed E-state index contributed by atoms with van der Waals surface area (Å²) in [4.78, 5) is 51.3. The van der Waals surface area contributed by atoms with E-state index < -0.39 is 15.6 Å². The molecule has 0 aliphatic heterocycles. The van der Waals surface area contributed by atoms with Gasteiger partial charge in [-0.15, -0.1) is 0 Å². The molecule has 0 heterocycles. The first-order valence-corrected chi connectivity index (χ1v) is 4.38. The van der Waals surface area contributed by atoms with Crippen LogP contribution in [0.2, 0.25) is 0 Å². The minimum Gasteiger partial charge on any atom is -0.822 e. The topological polar surface area (TPSA) is 172 Å². The van der Waals surface area contributed by atoms with Crippen LogP contribution in [0.4, 0.5) is 0 Å². The molecule has 0 bridgehead atoms. The first kappa shape index (κ1) is 29.6. The molecule has 0 aromatic rings. The van der Waals surface area contributed by atoms with Gasteiger partial charge in [-0.25, -0.2) is 0 Å².